The van der Waals surface area contributed by atoms with Crippen molar-refractivity contribution in [2.45, 2.75) is 26.4 Å². The quantitative estimate of drug-likeness (QED) is 0.352. The van der Waals surface area contributed by atoms with E-state index in [2.05, 4.69) is 6.92 Å². The second kappa shape index (κ2) is 10.3. The van der Waals surface area contributed by atoms with Gasteiger partial charge in [-0.3, -0.25) is 4.79 Å². The molecule has 34 heavy (non-hydrogen) atoms. The molecule has 0 spiro atoms. The van der Waals surface area contributed by atoms with Crippen molar-refractivity contribution in [3.05, 3.63) is 113 Å². The Labute approximate surface area is 200 Å². The number of carbonyl (C=O) groups excluding carboxylic acids is 1. The standard InChI is InChI=1S/C28H29FN4O/c1-4-26-25(27(31(2)3)33(30-26)24-13-9-6-10-14-24)20-32(19-21-11-7-5-8-12-21)28(34)22-15-17-23(29)18-16-22/h5-18H,4,19-20H2,1-3H3. The summed E-state index contributed by atoms with van der Waals surface area (Å²) in [6, 6.07) is 25.6. The fourth-order valence-electron chi connectivity index (χ4n) is 4.11. The highest BCUT2D eigenvalue weighted by atomic mass is 19.1. The molecule has 0 aliphatic heterocycles. The summed E-state index contributed by atoms with van der Waals surface area (Å²) in [7, 11) is 3.98. The molecule has 0 saturated heterocycles. The molecule has 174 valence electrons. The lowest BCUT2D eigenvalue weighted by Gasteiger charge is -2.25. The molecule has 4 rings (SSSR count). The highest BCUT2D eigenvalue weighted by Crippen LogP contribution is 2.29. The number of carbonyl (C=O) groups is 1. The molecule has 1 amide bonds. The van der Waals surface area contributed by atoms with Crippen LogP contribution in [-0.2, 0) is 19.5 Å². The number of benzene rings is 3. The van der Waals surface area contributed by atoms with Crippen molar-refractivity contribution in [2.75, 3.05) is 19.0 Å². The van der Waals surface area contributed by atoms with E-state index in [0.717, 1.165) is 34.7 Å². The highest BCUT2D eigenvalue weighted by molar-refractivity contribution is 5.94. The van der Waals surface area contributed by atoms with Gasteiger partial charge in [-0.2, -0.15) is 5.10 Å². The lowest BCUT2D eigenvalue weighted by molar-refractivity contribution is 0.0730. The van der Waals surface area contributed by atoms with E-state index >= 15 is 0 Å². The molecule has 5 nitrogen and oxygen atoms in total. The van der Waals surface area contributed by atoms with Crippen LogP contribution in [0, 0.1) is 5.82 Å². The third kappa shape index (κ3) is 5.01. The van der Waals surface area contributed by atoms with Crippen LogP contribution >= 0.6 is 0 Å². The average Bonchev–Trinajstić information content (AvgIpc) is 3.23. The topological polar surface area (TPSA) is 41.4 Å². The lowest BCUT2D eigenvalue weighted by Crippen LogP contribution is -2.31. The first kappa shape index (κ1) is 23.2. The number of amides is 1. The Hall–Kier alpha value is -3.93. The third-order valence-corrected chi connectivity index (χ3v) is 5.74. The van der Waals surface area contributed by atoms with Crippen molar-refractivity contribution < 1.29 is 9.18 Å². The van der Waals surface area contributed by atoms with Gasteiger partial charge in [-0.05, 0) is 48.4 Å². The normalized spacial score (nSPS) is 10.8. The van der Waals surface area contributed by atoms with E-state index in [1.54, 1.807) is 4.90 Å². The van der Waals surface area contributed by atoms with Crippen LogP contribution in [0.4, 0.5) is 10.2 Å². The van der Waals surface area contributed by atoms with Crippen molar-refractivity contribution in [3.63, 3.8) is 0 Å². The molecule has 0 bridgehead atoms. The van der Waals surface area contributed by atoms with Gasteiger partial charge < -0.3 is 9.80 Å². The van der Waals surface area contributed by atoms with Crippen LogP contribution < -0.4 is 4.90 Å². The first-order chi connectivity index (χ1) is 16.5. The van der Waals surface area contributed by atoms with E-state index < -0.39 is 0 Å². The molecule has 0 unspecified atom stereocenters. The van der Waals surface area contributed by atoms with Crippen molar-refractivity contribution in [1.29, 1.82) is 0 Å². The van der Waals surface area contributed by atoms with Crippen molar-refractivity contribution in [2.24, 2.45) is 0 Å². The van der Waals surface area contributed by atoms with Crippen LogP contribution in [-0.4, -0.2) is 34.7 Å². The SMILES string of the molecule is CCc1nn(-c2ccccc2)c(N(C)C)c1CN(Cc1ccccc1)C(=O)c1ccc(F)cc1. The molecule has 0 aliphatic carbocycles. The van der Waals surface area contributed by atoms with Crippen molar-refractivity contribution in [1.82, 2.24) is 14.7 Å². The molecule has 6 heteroatoms. The first-order valence-corrected chi connectivity index (χ1v) is 11.4. The smallest absolute Gasteiger partial charge is 0.254 e. The number of rotatable bonds is 8. The zero-order valence-corrected chi connectivity index (χ0v) is 19.8. The molecule has 0 N–H and O–H groups in total. The van der Waals surface area contributed by atoms with Gasteiger partial charge in [-0.25, -0.2) is 9.07 Å². The zero-order chi connectivity index (χ0) is 24.1. The summed E-state index contributed by atoms with van der Waals surface area (Å²) in [4.78, 5) is 17.4. The van der Waals surface area contributed by atoms with E-state index in [1.165, 1.54) is 24.3 Å². The van der Waals surface area contributed by atoms with Crippen molar-refractivity contribution >= 4 is 11.7 Å². The Morgan fingerprint density at radius 3 is 2.09 bits per heavy atom. The highest BCUT2D eigenvalue weighted by Gasteiger charge is 2.25. The van der Waals surface area contributed by atoms with Crippen LogP contribution in [0.15, 0.2) is 84.9 Å². The van der Waals surface area contributed by atoms with E-state index in [-0.39, 0.29) is 11.7 Å². The van der Waals surface area contributed by atoms with Crippen LogP contribution in [0.25, 0.3) is 5.69 Å². The van der Waals surface area contributed by atoms with Gasteiger partial charge in [-0.15, -0.1) is 0 Å². The molecule has 1 heterocycles. The fraction of sp³-hybridized carbons (Fsp3) is 0.214. The summed E-state index contributed by atoms with van der Waals surface area (Å²) < 4.78 is 15.4. The molecule has 0 atom stereocenters. The zero-order valence-electron chi connectivity index (χ0n) is 19.8. The average molecular weight is 457 g/mol. The van der Waals surface area contributed by atoms with Crippen LogP contribution in [0.3, 0.4) is 0 Å². The minimum Gasteiger partial charge on any atom is -0.362 e. The maximum Gasteiger partial charge on any atom is 0.254 e. The largest absolute Gasteiger partial charge is 0.362 e. The van der Waals surface area contributed by atoms with Gasteiger partial charge in [0.2, 0.25) is 0 Å². The van der Waals surface area contributed by atoms with Gasteiger partial charge in [-0.1, -0.05) is 55.5 Å². The molecule has 0 fully saturated rings. The van der Waals surface area contributed by atoms with Gasteiger partial charge in [0.25, 0.3) is 5.91 Å². The lowest BCUT2D eigenvalue weighted by atomic mass is 10.1. The Morgan fingerprint density at radius 1 is 0.882 bits per heavy atom. The number of aromatic nitrogens is 2. The molecule has 1 aromatic heterocycles. The van der Waals surface area contributed by atoms with Crippen LogP contribution in [0.5, 0.6) is 0 Å². The summed E-state index contributed by atoms with van der Waals surface area (Å²) >= 11 is 0. The fourth-order valence-corrected chi connectivity index (χ4v) is 4.11. The van der Waals surface area contributed by atoms with Gasteiger partial charge in [0.1, 0.15) is 11.6 Å². The molecule has 4 aromatic rings. The number of hydrogen-bond acceptors (Lipinski definition) is 3. The van der Waals surface area contributed by atoms with E-state index in [9.17, 15) is 9.18 Å². The second-order valence-corrected chi connectivity index (χ2v) is 8.40. The van der Waals surface area contributed by atoms with Crippen LogP contribution in [0.2, 0.25) is 0 Å². The van der Waals surface area contributed by atoms with E-state index in [1.807, 2.05) is 84.3 Å². The Bertz CT molecular complexity index is 1230. The molecular formula is C28H29FN4O. The minimum atomic E-state index is -0.363. The number of para-hydroxylation sites is 1. The number of nitrogens with zero attached hydrogens (tertiary/aromatic N) is 4. The number of anilines is 1. The van der Waals surface area contributed by atoms with Gasteiger partial charge in [0.15, 0.2) is 0 Å². The summed E-state index contributed by atoms with van der Waals surface area (Å²) in [6.07, 6.45) is 0.736. The third-order valence-electron chi connectivity index (χ3n) is 5.74. The molecular weight excluding hydrogens is 427 g/mol. The molecule has 3 aromatic carbocycles. The van der Waals surface area contributed by atoms with E-state index in [0.29, 0.717) is 18.7 Å². The Morgan fingerprint density at radius 2 is 1.50 bits per heavy atom. The second-order valence-electron chi connectivity index (χ2n) is 8.40. The molecule has 0 saturated carbocycles. The first-order valence-electron chi connectivity index (χ1n) is 11.4. The maximum absolute atomic E-state index is 13.6. The van der Waals surface area contributed by atoms with Crippen LogP contribution in [0.1, 0.15) is 34.1 Å². The summed E-state index contributed by atoms with van der Waals surface area (Å²) in [6.45, 7) is 2.89. The van der Waals surface area contributed by atoms with E-state index in [4.69, 9.17) is 5.10 Å². The monoisotopic (exact) mass is 456 g/mol. The summed E-state index contributed by atoms with van der Waals surface area (Å²) in [5.74, 6) is 0.426. The molecule has 0 radical (unpaired) electrons. The number of hydrogen-bond donors (Lipinski definition) is 0. The predicted molar refractivity (Wildman–Crippen MR) is 134 cm³/mol. The summed E-state index contributed by atoms with van der Waals surface area (Å²) in [5, 5.41) is 4.91. The number of halogens is 1. The maximum atomic E-state index is 13.6. The predicted octanol–water partition coefficient (Wildman–Crippen LogP) is 5.48. The van der Waals surface area contributed by atoms with Gasteiger partial charge in [0.05, 0.1) is 17.9 Å². The summed E-state index contributed by atoms with van der Waals surface area (Å²) in [5.41, 5.74) is 4.39. The minimum absolute atomic E-state index is 0.150. The van der Waals surface area contributed by atoms with Gasteiger partial charge >= 0.3 is 0 Å². The number of aryl methyl sites for hydroxylation is 1. The Balaban J connectivity index is 1.78. The Kier molecular flexibility index (Phi) is 7.07. The van der Waals surface area contributed by atoms with Gasteiger partial charge in [0, 0.05) is 31.8 Å². The van der Waals surface area contributed by atoms with Crippen molar-refractivity contribution in [3.8, 4) is 5.69 Å². The molecule has 0 aliphatic rings.